The second kappa shape index (κ2) is 15.2. The highest BCUT2D eigenvalue weighted by Gasteiger charge is 1.98. The molecule has 0 amide bonds. The van der Waals surface area contributed by atoms with Crippen LogP contribution in [0.4, 0.5) is 0 Å². The van der Waals surface area contributed by atoms with E-state index in [1.165, 1.54) is 38.4 Å². The van der Waals surface area contributed by atoms with Crippen LogP contribution in [0.2, 0.25) is 0 Å². The number of rotatable bonds is 11. The van der Waals surface area contributed by atoms with Gasteiger partial charge in [-0.2, -0.15) is 0 Å². The largest absolute Gasteiger partial charge is 0.498 e. The molecule has 0 spiro atoms. The average molecular weight is 294 g/mol. The molecule has 0 aliphatic rings. The lowest BCUT2D eigenvalue weighted by atomic mass is 10.0. The molecule has 0 bridgehead atoms. The van der Waals surface area contributed by atoms with E-state index in [9.17, 15) is 0 Å². The highest BCUT2D eigenvalue weighted by atomic mass is 16.5. The lowest BCUT2D eigenvalue weighted by Gasteiger charge is -2.06. The Bertz CT molecular complexity index is 336. The maximum Gasteiger partial charge on any atom is 0.115 e. The van der Waals surface area contributed by atoms with Gasteiger partial charge in [0.15, 0.2) is 0 Å². The van der Waals surface area contributed by atoms with Crippen LogP contribution in [0.15, 0.2) is 24.5 Å². The van der Waals surface area contributed by atoms with Gasteiger partial charge in [0.2, 0.25) is 0 Å². The molecule has 0 rings (SSSR count). The van der Waals surface area contributed by atoms with E-state index >= 15 is 0 Å². The molecule has 0 aliphatic carbocycles. The Morgan fingerprint density at radius 2 is 1.90 bits per heavy atom. The quantitative estimate of drug-likeness (QED) is 0.349. The van der Waals surface area contributed by atoms with E-state index in [1.54, 1.807) is 6.08 Å². The van der Waals surface area contributed by atoms with Crippen molar-refractivity contribution in [1.29, 1.82) is 0 Å². The number of aliphatic hydroxyl groups excluding tert-OH is 2. The first kappa shape index (κ1) is 19.8. The van der Waals surface area contributed by atoms with Gasteiger partial charge in [0.25, 0.3) is 0 Å². The Morgan fingerprint density at radius 3 is 2.62 bits per heavy atom. The Morgan fingerprint density at radius 1 is 1.14 bits per heavy atom. The fraction of sp³-hybridized carbons (Fsp3) is 0.667. The number of ether oxygens (including phenoxy) is 1. The van der Waals surface area contributed by atoms with Gasteiger partial charge in [-0.3, -0.25) is 0 Å². The van der Waals surface area contributed by atoms with Crippen LogP contribution in [0.3, 0.4) is 0 Å². The molecule has 0 aliphatic heterocycles. The van der Waals surface area contributed by atoms with Gasteiger partial charge >= 0.3 is 0 Å². The first-order valence-corrected chi connectivity index (χ1v) is 7.92. The molecule has 0 saturated carbocycles. The van der Waals surface area contributed by atoms with Crippen LogP contribution in [-0.2, 0) is 4.74 Å². The van der Waals surface area contributed by atoms with Crippen LogP contribution in [0.5, 0.6) is 0 Å². The first-order chi connectivity index (χ1) is 10.2. The maximum atomic E-state index is 9.01. The van der Waals surface area contributed by atoms with Gasteiger partial charge in [-0.25, -0.2) is 0 Å². The van der Waals surface area contributed by atoms with Crippen molar-refractivity contribution in [3.05, 3.63) is 24.5 Å². The summed E-state index contributed by atoms with van der Waals surface area (Å²) in [6.45, 7) is 4.36. The number of hydrogen-bond acceptors (Lipinski definition) is 3. The predicted octanol–water partition coefficient (Wildman–Crippen LogP) is 3.43. The van der Waals surface area contributed by atoms with Crippen molar-refractivity contribution in [1.82, 2.24) is 0 Å². The summed E-state index contributed by atoms with van der Waals surface area (Å²) in [5.41, 5.74) is 0. The van der Waals surface area contributed by atoms with E-state index in [1.807, 2.05) is 6.08 Å². The highest BCUT2D eigenvalue weighted by Crippen LogP contribution is 2.12. The van der Waals surface area contributed by atoms with Crippen LogP contribution in [-0.4, -0.2) is 29.5 Å². The Labute approximate surface area is 129 Å². The molecule has 0 heterocycles. The minimum atomic E-state index is -0.831. The molecule has 0 saturated heterocycles. The summed E-state index contributed by atoms with van der Waals surface area (Å²) < 4.78 is 4.97. The van der Waals surface area contributed by atoms with E-state index in [-0.39, 0.29) is 13.2 Å². The van der Waals surface area contributed by atoms with E-state index in [2.05, 4.69) is 31.8 Å². The molecule has 2 N–H and O–H groups in total. The summed E-state index contributed by atoms with van der Waals surface area (Å²) in [6.07, 6.45) is 13.7. The van der Waals surface area contributed by atoms with Gasteiger partial charge in [-0.1, -0.05) is 57.4 Å². The molecule has 3 nitrogen and oxygen atoms in total. The number of unbranched alkanes of at least 4 members (excludes halogenated alkanes) is 3. The second-order valence-corrected chi connectivity index (χ2v) is 5.31. The van der Waals surface area contributed by atoms with Crippen molar-refractivity contribution in [2.45, 2.75) is 58.5 Å². The Hall–Kier alpha value is -1.24. The van der Waals surface area contributed by atoms with Gasteiger partial charge in [-0.05, 0) is 24.8 Å². The van der Waals surface area contributed by atoms with Crippen molar-refractivity contribution in [2.75, 3.05) is 13.2 Å². The van der Waals surface area contributed by atoms with Gasteiger partial charge in [-0.15, -0.1) is 0 Å². The zero-order chi connectivity index (χ0) is 15.8. The molecule has 0 aromatic rings. The molecular formula is C18H30O3. The highest BCUT2D eigenvalue weighted by molar-refractivity contribution is 5.22. The number of allylic oxidation sites excluding steroid dienone is 3. The smallest absolute Gasteiger partial charge is 0.115 e. The van der Waals surface area contributed by atoms with Crippen LogP contribution in [0.1, 0.15) is 52.4 Å². The third-order valence-corrected chi connectivity index (χ3v) is 3.30. The van der Waals surface area contributed by atoms with Crippen molar-refractivity contribution in [2.24, 2.45) is 5.92 Å². The number of aliphatic hydroxyl groups is 2. The zero-order valence-electron chi connectivity index (χ0n) is 13.4. The van der Waals surface area contributed by atoms with Crippen molar-refractivity contribution >= 4 is 0 Å². The summed E-state index contributed by atoms with van der Waals surface area (Å²) in [5.74, 6) is 6.57. The summed E-state index contributed by atoms with van der Waals surface area (Å²) in [6, 6.07) is 0. The Kier molecular flexibility index (Phi) is 14.3. The van der Waals surface area contributed by atoms with E-state index < -0.39 is 6.10 Å². The topological polar surface area (TPSA) is 49.7 Å². The molecule has 0 fully saturated rings. The van der Waals surface area contributed by atoms with E-state index in [0.717, 1.165) is 12.3 Å². The van der Waals surface area contributed by atoms with E-state index in [4.69, 9.17) is 14.9 Å². The number of hydrogen-bond donors (Lipinski definition) is 2. The lowest BCUT2D eigenvalue weighted by molar-refractivity contribution is 0.0385. The van der Waals surface area contributed by atoms with Crippen LogP contribution < -0.4 is 0 Å². The molecular weight excluding hydrogens is 264 g/mol. The predicted molar refractivity (Wildman–Crippen MR) is 87.6 cm³/mol. The van der Waals surface area contributed by atoms with E-state index in [0.29, 0.717) is 0 Å². The zero-order valence-corrected chi connectivity index (χ0v) is 13.4. The maximum absolute atomic E-state index is 9.01. The van der Waals surface area contributed by atoms with Crippen LogP contribution >= 0.6 is 0 Å². The molecule has 3 heteroatoms. The normalized spacial score (nSPS) is 14.1. The SMILES string of the molecule is CCC(C)CCCCC/C=C/C#C/C=C/OC[C@@H](O)CO. The summed E-state index contributed by atoms with van der Waals surface area (Å²) in [7, 11) is 0. The van der Waals surface area contributed by atoms with Gasteiger partial charge in [0.1, 0.15) is 12.7 Å². The van der Waals surface area contributed by atoms with Crippen molar-refractivity contribution in [3.8, 4) is 11.8 Å². The van der Waals surface area contributed by atoms with Gasteiger partial charge < -0.3 is 14.9 Å². The lowest BCUT2D eigenvalue weighted by Crippen LogP contribution is -2.17. The molecule has 0 aromatic heterocycles. The molecule has 0 radical (unpaired) electrons. The van der Waals surface area contributed by atoms with Crippen molar-refractivity contribution in [3.63, 3.8) is 0 Å². The van der Waals surface area contributed by atoms with Crippen LogP contribution in [0.25, 0.3) is 0 Å². The Balaban J connectivity index is 3.47. The van der Waals surface area contributed by atoms with Crippen molar-refractivity contribution < 1.29 is 14.9 Å². The van der Waals surface area contributed by atoms with Gasteiger partial charge in [0, 0.05) is 6.08 Å². The molecule has 120 valence electrons. The minimum absolute atomic E-state index is 0.0845. The molecule has 0 aromatic carbocycles. The third kappa shape index (κ3) is 15.0. The minimum Gasteiger partial charge on any atom is -0.498 e. The van der Waals surface area contributed by atoms with Crippen LogP contribution in [0, 0.1) is 17.8 Å². The second-order valence-electron chi connectivity index (χ2n) is 5.31. The molecule has 21 heavy (non-hydrogen) atoms. The fourth-order valence-corrected chi connectivity index (χ4v) is 1.68. The molecule has 2 atom stereocenters. The summed E-state index contributed by atoms with van der Waals surface area (Å²) in [4.78, 5) is 0. The average Bonchev–Trinajstić information content (AvgIpc) is 2.51. The molecule has 1 unspecified atom stereocenters. The fourth-order valence-electron chi connectivity index (χ4n) is 1.68. The monoisotopic (exact) mass is 294 g/mol. The first-order valence-electron chi connectivity index (χ1n) is 7.92. The van der Waals surface area contributed by atoms with Gasteiger partial charge in [0.05, 0.1) is 12.9 Å². The summed E-state index contributed by atoms with van der Waals surface area (Å²) in [5, 5.41) is 17.6. The standard InChI is InChI=1S/C18H30O3/c1-3-17(2)13-11-9-7-5-4-6-8-10-12-14-21-16-18(20)15-19/h4,6,12,14,17-20H,3,5,7,9,11,13,15-16H2,1-2H3/b6-4+,14-12+/t17?,18-/m0/s1. The summed E-state index contributed by atoms with van der Waals surface area (Å²) >= 11 is 0. The third-order valence-electron chi connectivity index (χ3n) is 3.30.